The van der Waals surface area contributed by atoms with Crippen LogP contribution in [-0.2, 0) is 6.54 Å². The van der Waals surface area contributed by atoms with Gasteiger partial charge in [0, 0.05) is 23.7 Å². The number of hydrogen-bond donors (Lipinski definition) is 1. The highest BCUT2D eigenvalue weighted by Gasteiger charge is 2.13. The number of rotatable bonds is 5. The fraction of sp³-hybridized carbons (Fsp3) is 0.286. The Kier molecular flexibility index (Phi) is 4.29. The van der Waals surface area contributed by atoms with Gasteiger partial charge in [0.25, 0.3) is 0 Å². The molecule has 19 heavy (non-hydrogen) atoms. The number of pyridine rings is 1. The molecule has 4 nitrogen and oxygen atoms in total. The Bertz CT molecular complexity index is 554. The molecule has 0 saturated heterocycles. The first-order valence-corrected chi connectivity index (χ1v) is 6.87. The Balaban J connectivity index is 2.08. The molecule has 0 aliphatic heterocycles. The maximum atomic E-state index is 10.9. The second-order valence-electron chi connectivity index (χ2n) is 4.46. The summed E-state index contributed by atoms with van der Waals surface area (Å²) in [6.45, 7) is 2.84. The zero-order chi connectivity index (χ0) is 13.8. The summed E-state index contributed by atoms with van der Waals surface area (Å²) in [5, 5.41) is 11.0. The summed E-state index contributed by atoms with van der Waals surface area (Å²) in [6, 6.07) is 7.94. The van der Waals surface area contributed by atoms with Crippen LogP contribution >= 0.6 is 11.3 Å². The van der Waals surface area contributed by atoms with E-state index in [1.54, 1.807) is 23.6 Å². The minimum absolute atomic E-state index is 0.0923. The second kappa shape index (κ2) is 5.95. The lowest BCUT2D eigenvalue weighted by Crippen LogP contribution is -2.21. The van der Waals surface area contributed by atoms with Crippen LogP contribution in [0.3, 0.4) is 0 Å². The van der Waals surface area contributed by atoms with E-state index in [0.29, 0.717) is 12.6 Å². The highest BCUT2D eigenvalue weighted by Crippen LogP contribution is 2.24. The molecule has 2 heterocycles. The molecule has 1 unspecified atom stereocenters. The fourth-order valence-corrected chi connectivity index (χ4v) is 2.71. The third-order valence-electron chi connectivity index (χ3n) is 3.09. The van der Waals surface area contributed by atoms with Gasteiger partial charge in [-0.25, -0.2) is 9.78 Å². The molecule has 0 fully saturated rings. The van der Waals surface area contributed by atoms with Gasteiger partial charge < -0.3 is 5.11 Å². The number of carboxylic acids is 1. The van der Waals surface area contributed by atoms with Crippen LogP contribution in [0.15, 0.2) is 35.8 Å². The number of aromatic carboxylic acids is 1. The lowest BCUT2D eigenvalue weighted by molar-refractivity contribution is 0.0690. The molecule has 1 atom stereocenters. The van der Waals surface area contributed by atoms with Crippen molar-refractivity contribution in [2.75, 3.05) is 7.05 Å². The Morgan fingerprint density at radius 1 is 1.53 bits per heavy atom. The van der Waals surface area contributed by atoms with Gasteiger partial charge in [0.1, 0.15) is 5.69 Å². The van der Waals surface area contributed by atoms with E-state index in [-0.39, 0.29) is 5.69 Å². The van der Waals surface area contributed by atoms with Gasteiger partial charge in [-0.3, -0.25) is 4.90 Å². The topological polar surface area (TPSA) is 53.4 Å². The lowest BCUT2D eigenvalue weighted by atomic mass is 10.2. The summed E-state index contributed by atoms with van der Waals surface area (Å²) in [7, 11) is 2.03. The van der Waals surface area contributed by atoms with Crippen LogP contribution in [0.5, 0.6) is 0 Å². The molecule has 0 aliphatic carbocycles. The number of aromatic nitrogens is 1. The number of carboxylic acid groups (broad SMARTS) is 1. The molecule has 100 valence electrons. The monoisotopic (exact) mass is 276 g/mol. The van der Waals surface area contributed by atoms with Gasteiger partial charge in [0.2, 0.25) is 0 Å². The third-order valence-corrected chi connectivity index (χ3v) is 4.13. The standard InChI is InChI=1S/C14H16N2O2S/c1-10(13-4-3-7-19-13)16(2)9-11-5-6-15-12(8-11)14(17)18/h3-8,10H,9H2,1-2H3,(H,17,18). The Hall–Kier alpha value is -1.72. The maximum absolute atomic E-state index is 10.9. The average molecular weight is 276 g/mol. The average Bonchev–Trinajstić information content (AvgIpc) is 2.92. The highest BCUT2D eigenvalue weighted by atomic mass is 32.1. The van der Waals surface area contributed by atoms with Gasteiger partial charge in [-0.05, 0) is 43.1 Å². The van der Waals surface area contributed by atoms with Gasteiger partial charge in [0.05, 0.1) is 0 Å². The van der Waals surface area contributed by atoms with Crippen molar-refractivity contribution in [2.24, 2.45) is 0 Å². The van der Waals surface area contributed by atoms with Crippen LogP contribution in [0.2, 0.25) is 0 Å². The summed E-state index contributed by atoms with van der Waals surface area (Å²) in [4.78, 5) is 18.2. The first kappa shape index (κ1) is 13.7. The molecule has 0 amide bonds. The quantitative estimate of drug-likeness (QED) is 0.912. The summed E-state index contributed by atoms with van der Waals surface area (Å²) >= 11 is 1.73. The SMILES string of the molecule is CC(c1cccs1)N(C)Cc1ccnc(C(=O)O)c1. The maximum Gasteiger partial charge on any atom is 0.354 e. The van der Waals surface area contributed by atoms with E-state index < -0.39 is 5.97 Å². The van der Waals surface area contributed by atoms with Gasteiger partial charge in [0.15, 0.2) is 0 Å². The molecule has 0 spiro atoms. The van der Waals surface area contributed by atoms with Crippen molar-refractivity contribution in [1.29, 1.82) is 0 Å². The van der Waals surface area contributed by atoms with Crippen molar-refractivity contribution < 1.29 is 9.90 Å². The van der Waals surface area contributed by atoms with Crippen LogP contribution in [0.25, 0.3) is 0 Å². The number of nitrogens with zero attached hydrogens (tertiary/aromatic N) is 2. The fourth-order valence-electron chi connectivity index (χ4n) is 1.86. The molecule has 0 bridgehead atoms. The van der Waals surface area contributed by atoms with Gasteiger partial charge >= 0.3 is 5.97 Å². The Morgan fingerprint density at radius 3 is 2.95 bits per heavy atom. The van der Waals surface area contributed by atoms with Crippen LogP contribution in [0, 0.1) is 0 Å². The predicted molar refractivity (Wildman–Crippen MR) is 75.4 cm³/mol. The molecule has 0 aliphatic rings. The van der Waals surface area contributed by atoms with Crippen molar-refractivity contribution >= 4 is 17.3 Å². The number of carbonyl (C=O) groups is 1. The highest BCUT2D eigenvalue weighted by molar-refractivity contribution is 7.10. The predicted octanol–water partition coefficient (Wildman–Crippen LogP) is 3.03. The van der Waals surface area contributed by atoms with Crippen LogP contribution < -0.4 is 0 Å². The minimum atomic E-state index is -0.990. The molecule has 0 aromatic carbocycles. The Morgan fingerprint density at radius 2 is 2.32 bits per heavy atom. The van der Waals surface area contributed by atoms with Crippen molar-refractivity contribution in [2.45, 2.75) is 19.5 Å². The van der Waals surface area contributed by atoms with Gasteiger partial charge in [-0.15, -0.1) is 11.3 Å². The summed E-state index contributed by atoms with van der Waals surface area (Å²) < 4.78 is 0. The molecule has 0 radical (unpaired) electrons. The van der Waals surface area contributed by atoms with Gasteiger partial charge in [-0.2, -0.15) is 0 Å². The molecular weight excluding hydrogens is 260 g/mol. The summed E-state index contributed by atoms with van der Waals surface area (Å²) in [5.41, 5.74) is 1.05. The van der Waals surface area contributed by atoms with E-state index in [0.717, 1.165) is 5.56 Å². The zero-order valence-corrected chi connectivity index (χ0v) is 11.7. The lowest BCUT2D eigenvalue weighted by Gasteiger charge is -2.23. The molecule has 1 N–H and O–H groups in total. The van der Waals surface area contributed by atoms with E-state index in [9.17, 15) is 4.79 Å². The van der Waals surface area contributed by atoms with Crippen molar-refractivity contribution in [3.05, 3.63) is 52.0 Å². The Labute approximate surface area is 116 Å². The molecular formula is C14H16N2O2S. The van der Waals surface area contributed by atoms with Gasteiger partial charge in [-0.1, -0.05) is 6.07 Å². The van der Waals surface area contributed by atoms with Crippen LogP contribution in [-0.4, -0.2) is 28.0 Å². The smallest absolute Gasteiger partial charge is 0.354 e. The zero-order valence-electron chi connectivity index (χ0n) is 10.9. The molecule has 2 aromatic rings. The van der Waals surface area contributed by atoms with Crippen molar-refractivity contribution in [3.8, 4) is 0 Å². The number of hydrogen-bond acceptors (Lipinski definition) is 4. The normalized spacial score (nSPS) is 12.6. The molecule has 2 rings (SSSR count). The van der Waals surface area contributed by atoms with Crippen LogP contribution in [0.4, 0.5) is 0 Å². The minimum Gasteiger partial charge on any atom is -0.477 e. The van der Waals surface area contributed by atoms with E-state index in [1.807, 2.05) is 19.2 Å². The van der Waals surface area contributed by atoms with E-state index in [1.165, 1.54) is 4.88 Å². The van der Waals surface area contributed by atoms with Crippen molar-refractivity contribution in [3.63, 3.8) is 0 Å². The van der Waals surface area contributed by atoms with Crippen LogP contribution in [0.1, 0.15) is 33.9 Å². The third kappa shape index (κ3) is 3.39. The first-order valence-electron chi connectivity index (χ1n) is 6.00. The largest absolute Gasteiger partial charge is 0.477 e. The molecule has 2 aromatic heterocycles. The summed E-state index contributed by atoms with van der Waals surface area (Å²) in [6.07, 6.45) is 1.54. The van der Waals surface area contributed by atoms with E-state index >= 15 is 0 Å². The van der Waals surface area contributed by atoms with E-state index in [2.05, 4.69) is 28.3 Å². The molecule has 0 saturated carbocycles. The molecule has 5 heteroatoms. The second-order valence-corrected chi connectivity index (χ2v) is 5.44. The van der Waals surface area contributed by atoms with Crippen molar-refractivity contribution in [1.82, 2.24) is 9.88 Å². The summed E-state index contributed by atoms with van der Waals surface area (Å²) in [5.74, 6) is -0.990. The number of thiophene rings is 1. The van der Waals surface area contributed by atoms with E-state index in [4.69, 9.17) is 5.11 Å². The first-order chi connectivity index (χ1) is 9.08.